The molecule has 6 heteroatoms. The number of nitrogens with one attached hydrogen (secondary N) is 1. The van der Waals surface area contributed by atoms with E-state index >= 15 is 0 Å². The van der Waals surface area contributed by atoms with E-state index in [2.05, 4.69) is 16.5 Å². The maximum atomic E-state index is 12.4. The first-order valence-corrected chi connectivity index (χ1v) is 9.46. The molecule has 1 fully saturated rings. The van der Waals surface area contributed by atoms with Gasteiger partial charge in [-0.1, -0.05) is 19.1 Å². The first-order valence-electron chi connectivity index (χ1n) is 7.44. The summed E-state index contributed by atoms with van der Waals surface area (Å²) in [6.07, 6.45) is 2.50. The van der Waals surface area contributed by atoms with Crippen molar-refractivity contribution < 1.29 is 8.42 Å². The number of piperidine rings is 1. The van der Waals surface area contributed by atoms with Crippen LogP contribution in [-0.4, -0.2) is 44.9 Å². The number of nitrogens with zero attached hydrogens (tertiary/aromatic N) is 1. The lowest BCUT2D eigenvalue weighted by Gasteiger charge is -2.31. The topological polar surface area (TPSA) is 49.4 Å². The fourth-order valence-electron chi connectivity index (χ4n) is 2.60. The van der Waals surface area contributed by atoms with E-state index in [0.717, 1.165) is 44.5 Å². The Morgan fingerprint density at radius 1 is 1.24 bits per heavy atom. The summed E-state index contributed by atoms with van der Waals surface area (Å²) in [5.41, 5.74) is 1.06. The van der Waals surface area contributed by atoms with E-state index in [9.17, 15) is 8.42 Å². The summed E-state index contributed by atoms with van der Waals surface area (Å²) in [5, 5.41) is 0. The molecule has 1 saturated heterocycles. The molecule has 0 bridgehead atoms. The summed E-state index contributed by atoms with van der Waals surface area (Å²) in [6.45, 7) is 5.07. The second-order valence-corrected chi connectivity index (χ2v) is 7.50. The van der Waals surface area contributed by atoms with Gasteiger partial charge < -0.3 is 4.90 Å². The lowest BCUT2D eigenvalue weighted by molar-refractivity contribution is 0.217. The van der Waals surface area contributed by atoms with E-state index < -0.39 is 10.0 Å². The number of aryl methyl sites for hydroxylation is 1. The summed E-state index contributed by atoms with van der Waals surface area (Å²) >= 11 is 5.68. The van der Waals surface area contributed by atoms with E-state index in [4.69, 9.17) is 11.6 Å². The third-order valence-electron chi connectivity index (χ3n) is 3.97. The maximum absolute atomic E-state index is 12.4. The van der Waals surface area contributed by atoms with Crippen LogP contribution in [0.1, 0.15) is 25.3 Å². The van der Waals surface area contributed by atoms with Crippen LogP contribution in [0.3, 0.4) is 0 Å². The smallest absolute Gasteiger partial charge is 0.240 e. The minimum atomic E-state index is -3.42. The Kier molecular flexibility index (Phi) is 6.05. The second kappa shape index (κ2) is 7.58. The molecule has 0 spiro atoms. The average Bonchev–Trinajstić information content (AvgIpc) is 2.48. The van der Waals surface area contributed by atoms with Gasteiger partial charge >= 0.3 is 0 Å². The molecule has 1 aromatic rings. The fraction of sp³-hybridized carbons (Fsp3) is 0.600. The zero-order valence-corrected chi connectivity index (χ0v) is 14.0. The van der Waals surface area contributed by atoms with E-state index in [1.54, 1.807) is 12.1 Å². The molecule has 21 heavy (non-hydrogen) atoms. The van der Waals surface area contributed by atoms with Gasteiger partial charge in [-0.25, -0.2) is 13.1 Å². The van der Waals surface area contributed by atoms with Crippen LogP contribution >= 0.6 is 11.6 Å². The first kappa shape index (κ1) is 16.7. The third-order valence-corrected chi connectivity index (χ3v) is 5.70. The lowest BCUT2D eigenvalue weighted by atomic mass is 10.1. The van der Waals surface area contributed by atoms with E-state index in [-0.39, 0.29) is 6.04 Å². The number of alkyl halides is 1. The van der Waals surface area contributed by atoms with Crippen molar-refractivity contribution in [2.45, 2.75) is 37.1 Å². The predicted octanol–water partition coefficient (Wildman–Crippen LogP) is 2.23. The zero-order chi connectivity index (χ0) is 15.3. The van der Waals surface area contributed by atoms with Gasteiger partial charge in [-0.05, 0) is 56.6 Å². The highest BCUT2D eigenvalue weighted by Gasteiger charge is 2.23. The maximum Gasteiger partial charge on any atom is 0.240 e. The van der Waals surface area contributed by atoms with Crippen LogP contribution < -0.4 is 4.72 Å². The van der Waals surface area contributed by atoms with Crippen molar-refractivity contribution in [3.8, 4) is 0 Å². The summed E-state index contributed by atoms with van der Waals surface area (Å²) in [5.74, 6) is 0.542. The van der Waals surface area contributed by atoms with Crippen LogP contribution in [0, 0.1) is 0 Å². The molecule has 1 aromatic carbocycles. The van der Waals surface area contributed by atoms with Crippen molar-refractivity contribution in [1.82, 2.24) is 9.62 Å². The SMILES string of the molecule is CCN1CCC(NS(=O)(=O)c2ccc(CCCl)cc2)CC1. The van der Waals surface area contributed by atoms with Crippen LogP contribution in [0.5, 0.6) is 0 Å². The average molecular weight is 331 g/mol. The van der Waals surface area contributed by atoms with Gasteiger partial charge in [-0.3, -0.25) is 0 Å². The molecule has 0 aliphatic carbocycles. The van der Waals surface area contributed by atoms with Gasteiger partial charge in [0.2, 0.25) is 10.0 Å². The molecule has 1 aliphatic heterocycles. The van der Waals surface area contributed by atoms with E-state index in [1.165, 1.54) is 0 Å². The van der Waals surface area contributed by atoms with E-state index in [1.807, 2.05) is 12.1 Å². The van der Waals surface area contributed by atoms with Crippen LogP contribution in [0.15, 0.2) is 29.2 Å². The van der Waals surface area contributed by atoms with Crippen LogP contribution in [-0.2, 0) is 16.4 Å². The van der Waals surface area contributed by atoms with Crippen molar-refractivity contribution in [2.75, 3.05) is 25.5 Å². The van der Waals surface area contributed by atoms with Gasteiger partial charge in [0, 0.05) is 11.9 Å². The molecular weight excluding hydrogens is 308 g/mol. The van der Waals surface area contributed by atoms with Gasteiger partial charge in [0.15, 0.2) is 0 Å². The molecule has 0 unspecified atom stereocenters. The highest BCUT2D eigenvalue weighted by Crippen LogP contribution is 2.16. The fourth-order valence-corrected chi connectivity index (χ4v) is 4.12. The minimum Gasteiger partial charge on any atom is -0.303 e. The molecule has 1 aliphatic rings. The highest BCUT2D eigenvalue weighted by molar-refractivity contribution is 7.89. The molecule has 4 nitrogen and oxygen atoms in total. The summed E-state index contributed by atoms with van der Waals surface area (Å²) < 4.78 is 27.6. The number of likely N-dealkylation sites (tertiary alicyclic amines) is 1. The molecular formula is C15H23ClN2O2S. The van der Waals surface area contributed by atoms with E-state index in [0.29, 0.717) is 10.8 Å². The Hall–Kier alpha value is -0.620. The van der Waals surface area contributed by atoms with Gasteiger partial charge in [0.25, 0.3) is 0 Å². The molecule has 0 radical (unpaired) electrons. The molecule has 0 saturated carbocycles. The number of benzene rings is 1. The van der Waals surface area contributed by atoms with Crippen molar-refractivity contribution in [2.24, 2.45) is 0 Å². The van der Waals surface area contributed by atoms with Crippen LogP contribution in [0.4, 0.5) is 0 Å². The van der Waals surface area contributed by atoms with Gasteiger partial charge in [0.05, 0.1) is 4.90 Å². The Labute approximate surface area is 132 Å². The number of sulfonamides is 1. The molecule has 1 heterocycles. The van der Waals surface area contributed by atoms with Crippen LogP contribution in [0.2, 0.25) is 0 Å². The highest BCUT2D eigenvalue weighted by atomic mass is 35.5. The van der Waals surface area contributed by atoms with Crippen molar-refractivity contribution in [1.29, 1.82) is 0 Å². The summed E-state index contributed by atoms with van der Waals surface area (Å²) in [6, 6.07) is 7.02. The lowest BCUT2D eigenvalue weighted by Crippen LogP contribution is -2.44. The number of hydrogen-bond donors (Lipinski definition) is 1. The number of hydrogen-bond acceptors (Lipinski definition) is 3. The quantitative estimate of drug-likeness (QED) is 0.814. The summed E-state index contributed by atoms with van der Waals surface area (Å²) in [4.78, 5) is 2.67. The molecule has 2 rings (SSSR count). The first-order chi connectivity index (χ1) is 10.0. The molecule has 1 N–H and O–H groups in total. The van der Waals surface area contributed by atoms with Gasteiger partial charge in [-0.2, -0.15) is 0 Å². The van der Waals surface area contributed by atoms with Crippen molar-refractivity contribution >= 4 is 21.6 Å². The molecule has 0 aromatic heterocycles. The minimum absolute atomic E-state index is 0.0420. The zero-order valence-electron chi connectivity index (χ0n) is 12.4. The Balaban J connectivity index is 1.98. The monoisotopic (exact) mass is 330 g/mol. The largest absolute Gasteiger partial charge is 0.303 e. The Morgan fingerprint density at radius 3 is 2.38 bits per heavy atom. The van der Waals surface area contributed by atoms with Crippen LogP contribution in [0.25, 0.3) is 0 Å². The molecule has 0 atom stereocenters. The Morgan fingerprint density at radius 2 is 1.86 bits per heavy atom. The Bertz CT molecular complexity index is 537. The predicted molar refractivity (Wildman–Crippen MR) is 86.3 cm³/mol. The third kappa shape index (κ3) is 4.68. The summed E-state index contributed by atoms with van der Waals surface area (Å²) in [7, 11) is -3.42. The number of rotatable bonds is 6. The van der Waals surface area contributed by atoms with Gasteiger partial charge in [0.1, 0.15) is 0 Å². The molecule has 0 amide bonds. The normalized spacial score (nSPS) is 18.0. The number of halogens is 1. The van der Waals surface area contributed by atoms with Gasteiger partial charge in [-0.15, -0.1) is 11.6 Å². The molecule has 118 valence electrons. The van der Waals surface area contributed by atoms with Crippen molar-refractivity contribution in [3.05, 3.63) is 29.8 Å². The standard InChI is InChI=1S/C15H23ClN2O2S/c1-2-18-11-8-14(9-12-18)17-21(19,20)15-5-3-13(4-6-15)7-10-16/h3-6,14,17H,2,7-12H2,1H3. The van der Waals surface area contributed by atoms with Crippen molar-refractivity contribution in [3.63, 3.8) is 0 Å². The second-order valence-electron chi connectivity index (χ2n) is 5.41.